The quantitative estimate of drug-likeness (QED) is 0.914. The second-order valence-electron chi connectivity index (χ2n) is 5.89. The highest BCUT2D eigenvalue weighted by Crippen LogP contribution is 2.29. The average Bonchev–Trinajstić information content (AvgIpc) is 2.89. The zero-order valence-electron chi connectivity index (χ0n) is 12.7. The highest BCUT2D eigenvalue weighted by Gasteiger charge is 2.39. The van der Waals surface area contributed by atoms with Crippen molar-refractivity contribution in [1.82, 2.24) is 4.90 Å². The van der Waals surface area contributed by atoms with Crippen molar-refractivity contribution in [3.05, 3.63) is 30.1 Å². The number of carboxylic acid groups (broad SMARTS) is 1. The van der Waals surface area contributed by atoms with Crippen molar-refractivity contribution in [3.8, 4) is 0 Å². The molecule has 23 heavy (non-hydrogen) atoms. The third kappa shape index (κ3) is 3.48. The minimum absolute atomic E-state index is 0. The van der Waals surface area contributed by atoms with Crippen LogP contribution in [0.25, 0.3) is 0 Å². The van der Waals surface area contributed by atoms with Gasteiger partial charge in [-0.25, -0.2) is 4.39 Å². The van der Waals surface area contributed by atoms with Gasteiger partial charge in [-0.2, -0.15) is 0 Å². The van der Waals surface area contributed by atoms with Crippen LogP contribution in [0.5, 0.6) is 0 Å². The topological polar surface area (TPSA) is 60.9 Å². The molecule has 1 amide bonds. The van der Waals surface area contributed by atoms with Gasteiger partial charge >= 0.3 is 5.97 Å². The number of piperidine rings is 1. The number of hydrogen-bond acceptors (Lipinski definition) is 3. The fraction of sp³-hybridized carbons (Fsp3) is 0.500. The number of carboxylic acids is 1. The molecule has 0 saturated carbocycles. The maximum atomic E-state index is 13.9. The predicted molar refractivity (Wildman–Crippen MR) is 86.3 cm³/mol. The molecule has 0 bridgehead atoms. The molecule has 1 atom stereocenters. The first-order valence-corrected chi connectivity index (χ1v) is 7.60. The van der Waals surface area contributed by atoms with E-state index in [1.807, 2.05) is 4.90 Å². The average molecular weight is 343 g/mol. The summed E-state index contributed by atoms with van der Waals surface area (Å²) in [4.78, 5) is 27.1. The van der Waals surface area contributed by atoms with Crippen molar-refractivity contribution in [3.63, 3.8) is 0 Å². The number of carbonyl (C=O) groups is 2. The van der Waals surface area contributed by atoms with E-state index in [2.05, 4.69) is 0 Å². The summed E-state index contributed by atoms with van der Waals surface area (Å²) < 4.78 is 13.9. The van der Waals surface area contributed by atoms with Crippen molar-refractivity contribution < 1.29 is 19.1 Å². The Morgan fingerprint density at radius 1 is 1.13 bits per heavy atom. The van der Waals surface area contributed by atoms with Gasteiger partial charge in [0.25, 0.3) is 0 Å². The Morgan fingerprint density at radius 2 is 1.78 bits per heavy atom. The second kappa shape index (κ2) is 7.27. The number of hydrogen-bond donors (Lipinski definition) is 1. The Kier molecular flexibility index (Phi) is 5.59. The molecular weight excluding hydrogens is 323 g/mol. The maximum Gasteiger partial charge on any atom is 0.306 e. The summed E-state index contributed by atoms with van der Waals surface area (Å²) in [5, 5.41) is 9.03. The summed E-state index contributed by atoms with van der Waals surface area (Å²) in [7, 11) is 0. The van der Waals surface area contributed by atoms with Crippen LogP contribution in [0.15, 0.2) is 24.3 Å². The molecule has 3 rings (SSSR count). The number of para-hydroxylation sites is 1. The van der Waals surface area contributed by atoms with E-state index in [9.17, 15) is 14.0 Å². The normalized spacial score (nSPS) is 22.9. The van der Waals surface area contributed by atoms with Gasteiger partial charge in [-0.15, -0.1) is 12.4 Å². The molecule has 0 radical (unpaired) electrons. The lowest BCUT2D eigenvalue weighted by atomic mass is 9.96. The van der Waals surface area contributed by atoms with E-state index < -0.39 is 5.97 Å². The Bertz CT molecular complexity index is 590. The molecule has 1 aromatic rings. The first kappa shape index (κ1) is 17.7. The molecule has 5 nitrogen and oxygen atoms in total. The van der Waals surface area contributed by atoms with E-state index in [0.717, 1.165) is 0 Å². The van der Waals surface area contributed by atoms with Gasteiger partial charge in [0.15, 0.2) is 0 Å². The number of likely N-dealkylation sites (tertiary alicyclic amines) is 1. The number of carbonyl (C=O) groups excluding carboxylic acids is 1. The number of anilines is 1. The van der Waals surface area contributed by atoms with E-state index in [0.29, 0.717) is 44.6 Å². The minimum atomic E-state index is -0.759. The van der Waals surface area contributed by atoms with Crippen molar-refractivity contribution in [2.24, 2.45) is 5.92 Å². The Hall–Kier alpha value is -1.66. The lowest BCUT2D eigenvalue weighted by Gasteiger charge is -2.33. The SMILES string of the molecule is Cl.O=C(O)C1CCN(C2CCN(c3ccccc3F)C2=O)CC1. The molecule has 126 valence electrons. The van der Waals surface area contributed by atoms with Crippen LogP contribution in [-0.2, 0) is 9.59 Å². The molecule has 1 N–H and O–H groups in total. The van der Waals surface area contributed by atoms with Gasteiger partial charge in [0.1, 0.15) is 5.82 Å². The summed E-state index contributed by atoms with van der Waals surface area (Å²) >= 11 is 0. The molecular formula is C16H20ClFN2O3. The monoisotopic (exact) mass is 342 g/mol. The fourth-order valence-corrected chi connectivity index (χ4v) is 3.37. The fourth-order valence-electron chi connectivity index (χ4n) is 3.37. The number of aliphatic carboxylic acids is 1. The molecule has 0 aliphatic carbocycles. The molecule has 7 heteroatoms. The van der Waals surface area contributed by atoms with Gasteiger partial charge in [-0.3, -0.25) is 14.5 Å². The standard InChI is InChI=1S/C16H19FN2O3.ClH/c17-12-3-1-2-4-13(12)19-10-7-14(15(19)20)18-8-5-11(6-9-18)16(21)22;/h1-4,11,14H,5-10H2,(H,21,22);1H. The molecule has 2 aliphatic heterocycles. The number of rotatable bonds is 3. The zero-order valence-corrected chi connectivity index (χ0v) is 13.5. The minimum Gasteiger partial charge on any atom is -0.481 e. The number of halogens is 2. The number of amides is 1. The van der Waals surface area contributed by atoms with Gasteiger partial charge in [0, 0.05) is 6.54 Å². The molecule has 2 fully saturated rings. The highest BCUT2D eigenvalue weighted by atomic mass is 35.5. The van der Waals surface area contributed by atoms with E-state index >= 15 is 0 Å². The Labute approximate surface area is 140 Å². The molecule has 0 aromatic heterocycles. The molecule has 2 aliphatic rings. The van der Waals surface area contributed by atoms with E-state index in [-0.39, 0.29) is 36.1 Å². The summed E-state index contributed by atoms with van der Waals surface area (Å²) in [6, 6.07) is 6.04. The number of benzene rings is 1. The first-order chi connectivity index (χ1) is 10.6. The summed E-state index contributed by atoms with van der Waals surface area (Å²) in [5.41, 5.74) is 0.329. The lowest BCUT2D eigenvalue weighted by Crippen LogP contribution is -2.46. The van der Waals surface area contributed by atoms with Crippen LogP contribution in [0.3, 0.4) is 0 Å². The predicted octanol–water partition coefficient (Wildman–Crippen LogP) is 2.15. The summed E-state index contributed by atoms with van der Waals surface area (Å²) in [5.74, 6) is -1.54. The van der Waals surface area contributed by atoms with Crippen molar-refractivity contribution in [2.45, 2.75) is 25.3 Å². The largest absolute Gasteiger partial charge is 0.481 e. The highest BCUT2D eigenvalue weighted by molar-refractivity contribution is 5.99. The van der Waals surface area contributed by atoms with Gasteiger partial charge in [0.05, 0.1) is 17.6 Å². The maximum absolute atomic E-state index is 13.9. The van der Waals surface area contributed by atoms with Crippen molar-refractivity contribution in [1.29, 1.82) is 0 Å². The van der Waals surface area contributed by atoms with Crippen LogP contribution in [-0.4, -0.2) is 47.6 Å². The lowest BCUT2D eigenvalue weighted by molar-refractivity contribution is -0.143. The van der Waals surface area contributed by atoms with Crippen molar-refractivity contribution in [2.75, 3.05) is 24.5 Å². The van der Waals surface area contributed by atoms with E-state index in [1.165, 1.54) is 11.0 Å². The molecule has 1 aromatic carbocycles. The van der Waals surface area contributed by atoms with Gasteiger partial charge in [0.2, 0.25) is 5.91 Å². The smallest absolute Gasteiger partial charge is 0.306 e. The molecule has 1 unspecified atom stereocenters. The second-order valence-corrected chi connectivity index (χ2v) is 5.89. The van der Waals surface area contributed by atoms with Gasteiger partial charge < -0.3 is 10.0 Å². The summed E-state index contributed by atoms with van der Waals surface area (Å²) in [6.45, 7) is 1.72. The third-order valence-corrected chi connectivity index (χ3v) is 4.64. The molecule has 2 saturated heterocycles. The number of nitrogens with zero attached hydrogens (tertiary/aromatic N) is 2. The van der Waals surface area contributed by atoms with Crippen LogP contribution in [0, 0.1) is 11.7 Å². The van der Waals surface area contributed by atoms with Crippen LogP contribution in [0.4, 0.5) is 10.1 Å². The van der Waals surface area contributed by atoms with Crippen molar-refractivity contribution >= 4 is 30.0 Å². The van der Waals surface area contributed by atoms with Crippen LogP contribution < -0.4 is 4.90 Å². The van der Waals surface area contributed by atoms with Crippen LogP contribution in [0.1, 0.15) is 19.3 Å². The Balaban J connectivity index is 0.00000192. The van der Waals surface area contributed by atoms with E-state index in [4.69, 9.17) is 5.11 Å². The Morgan fingerprint density at radius 3 is 2.39 bits per heavy atom. The first-order valence-electron chi connectivity index (χ1n) is 7.60. The van der Waals surface area contributed by atoms with E-state index in [1.54, 1.807) is 18.2 Å². The van der Waals surface area contributed by atoms with Crippen LogP contribution >= 0.6 is 12.4 Å². The molecule has 2 heterocycles. The van der Waals surface area contributed by atoms with Gasteiger partial charge in [-0.05, 0) is 44.5 Å². The van der Waals surface area contributed by atoms with Gasteiger partial charge in [-0.1, -0.05) is 12.1 Å². The third-order valence-electron chi connectivity index (χ3n) is 4.64. The zero-order chi connectivity index (χ0) is 15.7. The van der Waals surface area contributed by atoms with Crippen LogP contribution in [0.2, 0.25) is 0 Å². The molecule has 0 spiro atoms. The summed E-state index contributed by atoms with van der Waals surface area (Å²) in [6.07, 6.45) is 1.79.